The SMILES string of the molecule is CCCC1(OC)[C@@H]([C@](C)(O)C(C)(C)C)CC2[C@H]3Cc4ccc(O)c5c4[C@@]2(CCN3CC2CC2)[C@H]1O5. The van der Waals surface area contributed by atoms with Gasteiger partial charge in [0.2, 0.25) is 0 Å². The number of benzene rings is 1. The highest BCUT2D eigenvalue weighted by Gasteiger charge is 2.74. The van der Waals surface area contributed by atoms with Crippen molar-refractivity contribution in [1.82, 2.24) is 4.90 Å². The van der Waals surface area contributed by atoms with Crippen molar-refractivity contribution >= 4 is 0 Å². The van der Waals surface area contributed by atoms with Crippen LogP contribution in [-0.2, 0) is 16.6 Å². The Hall–Kier alpha value is -1.30. The Balaban J connectivity index is 1.56. The van der Waals surface area contributed by atoms with Crippen LogP contribution < -0.4 is 4.74 Å². The molecule has 2 unspecified atom stereocenters. The molecule has 1 aromatic rings. The molecule has 5 aliphatic rings. The van der Waals surface area contributed by atoms with Crippen LogP contribution in [0, 0.1) is 23.2 Å². The first kappa shape index (κ1) is 24.1. The Bertz CT molecular complexity index is 1010. The topological polar surface area (TPSA) is 62.2 Å². The first-order chi connectivity index (χ1) is 16.5. The summed E-state index contributed by atoms with van der Waals surface area (Å²) in [7, 11) is 1.83. The van der Waals surface area contributed by atoms with Crippen LogP contribution in [0.2, 0.25) is 0 Å². The van der Waals surface area contributed by atoms with E-state index < -0.39 is 11.2 Å². The smallest absolute Gasteiger partial charge is 0.165 e. The van der Waals surface area contributed by atoms with Crippen LogP contribution in [0.5, 0.6) is 11.5 Å². The molecule has 6 rings (SSSR count). The van der Waals surface area contributed by atoms with E-state index in [1.54, 1.807) is 0 Å². The fourth-order valence-electron chi connectivity index (χ4n) is 8.85. The molecule has 35 heavy (non-hydrogen) atoms. The van der Waals surface area contributed by atoms with Gasteiger partial charge < -0.3 is 19.7 Å². The van der Waals surface area contributed by atoms with Crippen molar-refractivity contribution in [1.29, 1.82) is 0 Å². The Morgan fingerprint density at radius 3 is 2.57 bits per heavy atom. The Morgan fingerprint density at radius 1 is 1.20 bits per heavy atom. The lowest BCUT2D eigenvalue weighted by molar-refractivity contribution is -0.259. The molecule has 1 spiro atoms. The molecule has 2 bridgehead atoms. The third-order valence-electron chi connectivity index (χ3n) is 11.2. The monoisotopic (exact) mass is 483 g/mol. The lowest BCUT2D eigenvalue weighted by atomic mass is 9.43. The van der Waals surface area contributed by atoms with Crippen molar-refractivity contribution in [2.45, 2.75) is 108 Å². The first-order valence-corrected chi connectivity index (χ1v) is 14.0. The normalized spacial score (nSPS) is 39.6. The molecule has 0 amide bonds. The van der Waals surface area contributed by atoms with Crippen molar-refractivity contribution in [3.8, 4) is 11.5 Å². The second-order valence-corrected chi connectivity index (χ2v) is 13.6. The second-order valence-electron chi connectivity index (χ2n) is 13.6. The predicted molar refractivity (Wildman–Crippen MR) is 137 cm³/mol. The van der Waals surface area contributed by atoms with Crippen molar-refractivity contribution in [2.24, 2.45) is 23.2 Å². The van der Waals surface area contributed by atoms with Gasteiger partial charge in [-0.1, -0.05) is 40.2 Å². The van der Waals surface area contributed by atoms with Gasteiger partial charge in [0.1, 0.15) is 11.7 Å². The number of likely N-dealkylation sites (tertiary alicyclic amines) is 1. The highest BCUT2D eigenvalue weighted by Crippen LogP contribution is 2.69. The van der Waals surface area contributed by atoms with E-state index in [0.29, 0.717) is 17.7 Å². The predicted octanol–water partition coefficient (Wildman–Crippen LogP) is 5.05. The van der Waals surface area contributed by atoms with E-state index in [0.717, 1.165) is 44.6 Å². The zero-order chi connectivity index (χ0) is 25.0. The minimum atomic E-state index is -0.935. The van der Waals surface area contributed by atoms with E-state index in [2.05, 4.69) is 38.7 Å². The second kappa shape index (κ2) is 7.61. The summed E-state index contributed by atoms with van der Waals surface area (Å²) in [6.45, 7) is 13.0. The molecule has 3 fully saturated rings. The van der Waals surface area contributed by atoms with Crippen LogP contribution in [0.25, 0.3) is 0 Å². The van der Waals surface area contributed by atoms with Gasteiger partial charge in [0, 0.05) is 36.6 Å². The zero-order valence-electron chi connectivity index (χ0n) is 22.6. The highest BCUT2D eigenvalue weighted by molar-refractivity contribution is 5.61. The summed E-state index contributed by atoms with van der Waals surface area (Å²) in [5, 5.41) is 23.3. The lowest BCUT2D eigenvalue weighted by Crippen LogP contribution is -2.76. The standard InChI is InChI=1S/C30H45NO4/c1-7-12-30(34-6)23(28(5,33)27(2,3)4)16-20-21-15-19-10-11-22(32)25-24(19)29(20,26(30)35-25)13-14-31(21)17-18-8-9-18/h10-11,18,20-21,23,26,32-33H,7-9,12-17H2,1-6H3/t20?,21-,23-,26-,28+,29+,30?/m1/s1. The maximum absolute atomic E-state index is 12.3. The minimum absolute atomic E-state index is 0.0653. The summed E-state index contributed by atoms with van der Waals surface area (Å²) in [6.07, 6.45) is 7.29. The van der Waals surface area contributed by atoms with Crippen LogP contribution in [0.4, 0.5) is 0 Å². The number of methoxy groups -OCH3 is 1. The molecule has 1 aromatic carbocycles. The minimum Gasteiger partial charge on any atom is -0.504 e. The van der Waals surface area contributed by atoms with Gasteiger partial charge in [0.25, 0.3) is 0 Å². The highest BCUT2D eigenvalue weighted by atomic mass is 16.6. The molecule has 0 radical (unpaired) electrons. The molecular weight excluding hydrogens is 438 g/mol. The number of hydrogen-bond acceptors (Lipinski definition) is 5. The van der Waals surface area contributed by atoms with E-state index in [1.165, 1.54) is 30.5 Å². The van der Waals surface area contributed by atoms with E-state index in [1.807, 2.05) is 20.1 Å². The quantitative estimate of drug-likeness (QED) is 0.593. The van der Waals surface area contributed by atoms with Gasteiger partial charge in [-0.05, 0) is 80.9 Å². The fourth-order valence-corrected chi connectivity index (χ4v) is 8.85. The van der Waals surface area contributed by atoms with Crippen LogP contribution in [0.15, 0.2) is 12.1 Å². The third-order valence-corrected chi connectivity index (χ3v) is 11.2. The maximum Gasteiger partial charge on any atom is 0.165 e. The molecule has 1 saturated heterocycles. The van der Waals surface area contributed by atoms with E-state index in [-0.39, 0.29) is 28.6 Å². The van der Waals surface area contributed by atoms with Gasteiger partial charge in [-0.25, -0.2) is 0 Å². The molecule has 3 aliphatic carbocycles. The molecule has 2 aliphatic heterocycles. The van der Waals surface area contributed by atoms with E-state index in [9.17, 15) is 10.2 Å². The van der Waals surface area contributed by atoms with Crippen molar-refractivity contribution in [3.63, 3.8) is 0 Å². The number of aromatic hydroxyl groups is 1. The average molecular weight is 484 g/mol. The first-order valence-electron chi connectivity index (χ1n) is 14.0. The number of nitrogens with zero attached hydrogens (tertiary/aromatic N) is 1. The molecule has 5 heteroatoms. The van der Waals surface area contributed by atoms with Crippen molar-refractivity contribution in [3.05, 3.63) is 23.3 Å². The third kappa shape index (κ3) is 3.04. The van der Waals surface area contributed by atoms with Gasteiger partial charge in [-0.3, -0.25) is 4.90 Å². The number of phenols is 1. The van der Waals surface area contributed by atoms with Crippen LogP contribution in [0.1, 0.15) is 84.3 Å². The summed E-state index contributed by atoms with van der Waals surface area (Å²) in [6, 6.07) is 4.44. The summed E-state index contributed by atoms with van der Waals surface area (Å²) in [4.78, 5) is 2.78. The largest absolute Gasteiger partial charge is 0.504 e. The summed E-state index contributed by atoms with van der Waals surface area (Å²) in [5.41, 5.74) is 0.588. The van der Waals surface area contributed by atoms with Gasteiger partial charge >= 0.3 is 0 Å². The fraction of sp³-hybridized carbons (Fsp3) is 0.800. The average Bonchev–Trinajstić information content (AvgIpc) is 3.54. The number of ether oxygens (including phenoxy) is 2. The van der Waals surface area contributed by atoms with Crippen LogP contribution >= 0.6 is 0 Å². The number of phenolic OH excluding ortho intramolecular Hbond substituents is 1. The molecule has 0 aromatic heterocycles. The molecule has 194 valence electrons. The lowest BCUT2D eigenvalue weighted by Gasteiger charge is -2.66. The summed E-state index contributed by atoms with van der Waals surface area (Å²) >= 11 is 0. The van der Waals surface area contributed by atoms with E-state index >= 15 is 0 Å². The molecule has 7 atom stereocenters. The molecule has 2 N–H and O–H groups in total. The molecular formula is C30H45NO4. The van der Waals surface area contributed by atoms with E-state index in [4.69, 9.17) is 9.47 Å². The molecule has 5 nitrogen and oxygen atoms in total. The molecule has 2 heterocycles. The number of piperidine rings is 1. The number of hydrogen-bond donors (Lipinski definition) is 2. The maximum atomic E-state index is 12.3. The van der Waals surface area contributed by atoms with Gasteiger partial charge in [0.15, 0.2) is 11.5 Å². The Kier molecular flexibility index (Phi) is 5.23. The Labute approximate surface area is 211 Å². The Morgan fingerprint density at radius 2 is 1.94 bits per heavy atom. The molecule has 2 saturated carbocycles. The number of aliphatic hydroxyl groups is 1. The number of rotatable bonds is 6. The van der Waals surface area contributed by atoms with Gasteiger partial charge in [0.05, 0.1) is 5.60 Å². The van der Waals surface area contributed by atoms with Crippen LogP contribution in [0.3, 0.4) is 0 Å². The summed E-state index contributed by atoms with van der Waals surface area (Å²) in [5.74, 6) is 2.12. The van der Waals surface area contributed by atoms with Crippen molar-refractivity contribution < 1.29 is 19.7 Å². The van der Waals surface area contributed by atoms with Crippen LogP contribution in [-0.4, -0.2) is 58.7 Å². The summed E-state index contributed by atoms with van der Waals surface area (Å²) < 4.78 is 13.5. The van der Waals surface area contributed by atoms with Crippen molar-refractivity contribution in [2.75, 3.05) is 20.2 Å². The zero-order valence-corrected chi connectivity index (χ0v) is 22.6. The van der Waals surface area contributed by atoms with Gasteiger partial charge in [-0.2, -0.15) is 0 Å². The van der Waals surface area contributed by atoms with Gasteiger partial charge in [-0.15, -0.1) is 0 Å².